The van der Waals surface area contributed by atoms with Crippen molar-refractivity contribution in [3.05, 3.63) is 45.1 Å². The Hall–Kier alpha value is -3.71. The number of thiophene rings is 1. The number of esters is 1. The Morgan fingerprint density at radius 3 is 2.88 bits per heavy atom. The molecule has 0 fully saturated rings. The average molecular weight is 465 g/mol. The molecular formula is C23H24N6O3S. The highest BCUT2D eigenvalue weighted by Gasteiger charge is 2.27. The summed E-state index contributed by atoms with van der Waals surface area (Å²) in [6.07, 6.45) is 4.98. The number of hydrogen-bond acceptors (Lipinski definition) is 8. The summed E-state index contributed by atoms with van der Waals surface area (Å²) in [6.45, 7) is 5.82. The van der Waals surface area contributed by atoms with Crippen LogP contribution in [0.3, 0.4) is 0 Å². The SMILES string of the molecule is CCOC(=O)c1c(NC(=O)/C(C#N)=C/Nc2n[nH]c3nc(C)cc(C)c23)sc2c1CCCC2. The van der Waals surface area contributed by atoms with Gasteiger partial charge in [0.1, 0.15) is 16.6 Å². The lowest BCUT2D eigenvalue weighted by Gasteiger charge is -2.12. The highest BCUT2D eigenvalue weighted by molar-refractivity contribution is 7.17. The molecule has 3 N–H and O–H groups in total. The minimum absolute atomic E-state index is 0.148. The van der Waals surface area contributed by atoms with E-state index in [1.807, 2.05) is 26.0 Å². The molecule has 0 unspecified atom stereocenters. The highest BCUT2D eigenvalue weighted by atomic mass is 32.1. The van der Waals surface area contributed by atoms with Gasteiger partial charge in [-0.3, -0.25) is 9.89 Å². The molecule has 33 heavy (non-hydrogen) atoms. The van der Waals surface area contributed by atoms with Crippen LogP contribution in [0.15, 0.2) is 17.8 Å². The zero-order valence-corrected chi connectivity index (χ0v) is 19.5. The number of pyridine rings is 1. The number of H-pyrrole nitrogens is 1. The van der Waals surface area contributed by atoms with E-state index < -0.39 is 11.9 Å². The van der Waals surface area contributed by atoms with E-state index in [2.05, 4.69) is 25.8 Å². The number of anilines is 2. The Bertz CT molecular complexity index is 1310. The van der Waals surface area contributed by atoms with Crippen molar-refractivity contribution in [2.24, 2.45) is 0 Å². The molecule has 10 heteroatoms. The van der Waals surface area contributed by atoms with Gasteiger partial charge in [0, 0.05) is 16.8 Å². The first-order valence-electron chi connectivity index (χ1n) is 10.7. The van der Waals surface area contributed by atoms with Crippen molar-refractivity contribution in [3.63, 3.8) is 0 Å². The number of hydrogen-bond donors (Lipinski definition) is 3. The number of amides is 1. The van der Waals surface area contributed by atoms with E-state index in [1.165, 1.54) is 17.5 Å². The third-order valence-electron chi connectivity index (χ3n) is 5.45. The predicted octanol–water partition coefficient (Wildman–Crippen LogP) is 4.15. The highest BCUT2D eigenvalue weighted by Crippen LogP contribution is 2.38. The third kappa shape index (κ3) is 4.45. The molecule has 1 amide bonds. The van der Waals surface area contributed by atoms with E-state index in [1.54, 1.807) is 6.92 Å². The Morgan fingerprint density at radius 1 is 1.33 bits per heavy atom. The van der Waals surface area contributed by atoms with Gasteiger partial charge in [-0.05, 0) is 63.6 Å². The smallest absolute Gasteiger partial charge is 0.341 e. The minimum atomic E-state index is -0.611. The first kappa shape index (κ1) is 22.5. The summed E-state index contributed by atoms with van der Waals surface area (Å²) in [6, 6.07) is 3.84. The molecule has 1 aliphatic carbocycles. The van der Waals surface area contributed by atoms with Crippen LogP contribution in [0, 0.1) is 25.2 Å². The third-order valence-corrected chi connectivity index (χ3v) is 6.66. The number of carbonyl (C=O) groups excluding carboxylic acids is 2. The number of fused-ring (bicyclic) bond motifs is 2. The van der Waals surface area contributed by atoms with Crippen LogP contribution >= 0.6 is 11.3 Å². The van der Waals surface area contributed by atoms with Crippen LogP contribution in [0.4, 0.5) is 10.8 Å². The van der Waals surface area contributed by atoms with Gasteiger partial charge in [0.2, 0.25) is 0 Å². The second-order valence-corrected chi connectivity index (χ2v) is 8.89. The first-order chi connectivity index (χ1) is 15.9. The zero-order chi connectivity index (χ0) is 23.5. The van der Waals surface area contributed by atoms with E-state index in [-0.39, 0.29) is 12.2 Å². The lowest BCUT2D eigenvalue weighted by atomic mass is 9.95. The van der Waals surface area contributed by atoms with Crippen molar-refractivity contribution in [2.45, 2.75) is 46.5 Å². The number of ether oxygens (including phenoxy) is 1. The summed E-state index contributed by atoms with van der Waals surface area (Å²) in [4.78, 5) is 31.0. The molecule has 4 rings (SSSR count). The molecule has 3 heterocycles. The van der Waals surface area contributed by atoms with Crippen molar-refractivity contribution < 1.29 is 14.3 Å². The number of aryl methyl sites for hydroxylation is 3. The number of aromatic amines is 1. The lowest BCUT2D eigenvalue weighted by molar-refractivity contribution is -0.112. The first-order valence-corrected chi connectivity index (χ1v) is 11.6. The number of carbonyl (C=O) groups is 2. The number of nitriles is 1. The van der Waals surface area contributed by atoms with E-state index in [0.717, 1.165) is 52.8 Å². The van der Waals surface area contributed by atoms with E-state index in [9.17, 15) is 14.9 Å². The van der Waals surface area contributed by atoms with Gasteiger partial charge in [-0.25, -0.2) is 9.78 Å². The molecular weight excluding hydrogens is 440 g/mol. The quantitative estimate of drug-likeness (QED) is 0.283. The standard InChI is InChI=1S/C23H24N6O3S/c1-4-32-23(31)18-15-7-5-6-8-16(15)33-22(18)27-21(30)14(10-24)11-25-19-17-12(2)9-13(3)26-20(17)29-28-19/h9,11H,4-8H2,1-3H3,(H,27,30)(H2,25,26,28,29)/b14-11+. The summed E-state index contributed by atoms with van der Waals surface area (Å²) >= 11 is 1.38. The molecule has 3 aromatic rings. The van der Waals surface area contributed by atoms with E-state index in [4.69, 9.17) is 4.74 Å². The van der Waals surface area contributed by atoms with Crippen LogP contribution < -0.4 is 10.6 Å². The predicted molar refractivity (Wildman–Crippen MR) is 126 cm³/mol. The van der Waals surface area contributed by atoms with Crippen molar-refractivity contribution >= 4 is 45.1 Å². The molecule has 0 spiro atoms. The van der Waals surface area contributed by atoms with Crippen LogP contribution in [0.25, 0.3) is 11.0 Å². The van der Waals surface area contributed by atoms with Crippen molar-refractivity contribution in [1.82, 2.24) is 15.2 Å². The molecule has 1 aliphatic rings. The van der Waals surface area contributed by atoms with Crippen molar-refractivity contribution in [1.29, 1.82) is 5.26 Å². The van der Waals surface area contributed by atoms with Gasteiger partial charge < -0.3 is 15.4 Å². The van der Waals surface area contributed by atoms with Gasteiger partial charge in [0.25, 0.3) is 5.91 Å². The molecule has 0 atom stereocenters. The summed E-state index contributed by atoms with van der Waals surface area (Å²) in [5, 5.41) is 23.5. The molecule has 0 aromatic carbocycles. The van der Waals surface area contributed by atoms with Gasteiger partial charge in [-0.1, -0.05) is 0 Å². The maximum Gasteiger partial charge on any atom is 0.341 e. The van der Waals surface area contributed by atoms with Crippen LogP contribution in [-0.4, -0.2) is 33.7 Å². The maximum absolute atomic E-state index is 12.9. The Labute approximate surface area is 194 Å². The summed E-state index contributed by atoms with van der Waals surface area (Å²) < 4.78 is 5.23. The fourth-order valence-electron chi connectivity index (χ4n) is 4.02. The Kier molecular flexibility index (Phi) is 6.42. The minimum Gasteiger partial charge on any atom is -0.462 e. The number of rotatable bonds is 6. The fourth-order valence-corrected chi connectivity index (χ4v) is 5.29. The lowest BCUT2D eigenvalue weighted by Crippen LogP contribution is -2.17. The molecule has 3 aromatic heterocycles. The second kappa shape index (κ2) is 9.42. The molecule has 0 bridgehead atoms. The molecule has 0 saturated carbocycles. The Balaban J connectivity index is 1.59. The zero-order valence-electron chi connectivity index (χ0n) is 18.7. The van der Waals surface area contributed by atoms with E-state index in [0.29, 0.717) is 22.0 Å². The van der Waals surface area contributed by atoms with Crippen LogP contribution in [0.1, 0.15) is 51.8 Å². The van der Waals surface area contributed by atoms with Gasteiger partial charge in [0.15, 0.2) is 11.5 Å². The van der Waals surface area contributed by atoms with Crippen LogP contribution in [0.2, 0.25) is 0 Å². The number of nitrogens with one attached hydrogen (secondary N) is 3. The normalized spacial score (nSPS) is 13.3. The molecule has 0 radical (unpaired) electrons. The van der Waals surface area contributed by atoms with Gasteiger partial charge in [-0.2, -0.15) is 10.4 Å². The molecule has 9 nitrogen and oxygen atoms in total. The van der Waals surface area contributed by atoms with Crippen LogP contribution in [-0.2, 0) is 22.4 Å². The molecule has 0 saturated heterocycles. The van der Waals surface area contributed by atoms with Crippen molar-refractivity contribution in [2.75, 3.05) is 17.2 Å². The summed E-state index contributed by atoms with van der Waals surface area (Å²) in [5.41, 5.74) is 3.65. The monoisotopic (exact) mass is 464 g/mol. The second-order valence-electron chi connectivity index (χ2n) is 7.78. The number of aromatic nitrogens is 3. The van der Waals surface area contributed by atoms with E-state index >= 15 is 0 Å². The van der Waals surface area contributed by atoms with Crippen LogP contribution in [0.5, 0.6) is 0 Å². The fraction of sp³-hybridized carbons (Fsp3) is 0.348. The topological polar surface area (TPSA) is 133 Å². The van der Waals surface area contributed by atoms with Gasteiger partial charge in [-0.15, -0.1) is 11.3 Å². The van der Waals surface area contributed by atoms with Gasteiger partial charge >= 0.3 is 5.97 Å². The summed E-state index contributed by atoms with van der Waals surface area (Å²) in [7, 11) is 0. The Morgan fingerprint density at radius 2 is 2.12 bits per heavy atom. The van der Waals surface area contributed by atoms with Crippen molar-refractivity contribution in [3.8, 4) is 6.07 Å². The largest absolute Gasteiger partial charge is 0.462 e. The maximum atomic E-state index is 12.9. The average Bonchev–Trinajstić information content (AvgIpc) is 3.35. The summed E-state index contributed by atoms with van der Waals surface area (Å²) in [5.74, 6) is -0.594. The number of nitrogens with zero attached hydrogens (tertiary/aromatic N) is 3. The molecule has 170 valence electrons. The molecule has 0 aliphatic heterocycles. The van der Waals surface area contributed by atoms with Gasteiger partial charge in [0.05, 0.1) is 17.6 Å².